The third-order valence-electron chi connectivity index (χ3n) is 4.75. The fraction of sp³-hybridized carbons (Fsp3) is 0.296. The number of aryl methyl sites for hydroxylation is 4. The van der Waals surface area contributed by atoms with Crippen molar-refractivity contribution in [1.82, 2.24) is 10.3 Å². The molecule has 0 bridgehead atoms. The van der Waals surface area contributed by atoms with Crippen molar-refractivity contribution in [3.63, 3.8) is 0 Å². The Kier molecular flexibility index (Phi) is 10.8. The number of rotatable bonds is 5. The van der Waals surface area contributed by atoms with Crippen molar-refractivity contribution in [2.75, 3.05) is 6.54 Å². The van der Waals surface area contributed by atoms with E-state index in [1.54, 1.807) is 5.49 Å². The number of nitrogens with one attached hydrogen (secondary N) is 2. The number of fused-ring (bicyclic) bond motifs is 1. The summed E-state index contributed by atoms with van der Waals surface area (Å²) in [6, 6.07) is 12.8. The molecule has 0 spiro atoms. The van der Waals surface area contributed by atoms with Crippen LogP contribution in [0.4, 0.5) is 0 Å². The molecule has 160 valence electrons. The van der Waals surface area contributed by atoms with E-state index < -0.39 is 0 Å². The van der Waals surface area contributed by atoms with Crippen molar-refractivity contribution in [2.45, 2.75) is 48.5 Å². The van der Waals surface area contributed by atoms with Crippen molar-refractivity contribution in [3.8, 4) is 0 Å². The lowest BCUT2D eigenvalue weighted by molar-refractivity contribution is 1.03. The molecule has 1 aromatic heterocycles. The first kappa shape index (κ1) is 25.4. The quantitative estimate of drug-likeness (QED) is 0.328. The number of hydrogen-bond donors (Lipinski definition) is 2. The molecule has 0 saturated carbocycles. The summed E-state index contributed by atoms with van der Waals surface area (Å²) in [6.07, 6.45) is 4.24. The molecular weight excluding hydrogens is 384 g/mol. The zero-order chi connectivity index (χ0) is 22.7. The number of thiocarbonyl (C=S) groups is 1. The third-order valence-corrected chi connectivity index (χ3v) is 4.92. The molecule has 0 aliphatic heterocycles. The van der Waals surface area contributed by atoms with Crippen LogP contribution in [0.15, 0.2) is 60.3 Å². The van der Waals surface area contributed by atoms with Crippen LogP contribution in [-0.4, -0.2) is 17.0 Å². The van der Waals surface area contributed by atoms with Crippen LogP contribution in [0, 0.1) is 27.7 Å². The number of hydrogen-bond acceptors (Lipinski definition) is 1. The average Bonchev–Trinajstić information content (AvgIpc) is 3.17. The van der Waals surface area contributed by atoms with Gasteiger partial charge in [-0.05, 0) is 57.4 Å². The molecule has 2 nitrogen and oxygen atoms in total. The molecule has 3 rings (SSSR count). The second kappa shape index (κ2) is 12.8. The first-order valence-corrected chi connectivity index (χ1v) is 10.9. The van der Waals surface area contributed by atoms with Gasteiger partial charge < -0.3 is 10.3 Å². The number of aromatic amines is 1. The van der Waals surface area contributed by atoms with Gasteiger partial charge in [-0.3, -0.25) is 0 Å². The minimum Gasteiger partial charge on any atom is -0.378 e. The van der Waals surface area contributed by atoms with E-state index in [1.165, 1.54) is 38.7 Å². The van der Waals surface area contributed by atoms with E-state index in [0.717, 1.165) is 11.1 Å². The lowest BCUT2D eigenvalue weighted by Gasteiger charge is -2.07. The van der Waals surface area contributed by atoms with Crippen molar-refractivity contribution in [1.29, 1.82) is 0 Å². The van der Waals surface area contributed by atoms with Gasteiger partial charge in [-0.15, -0.1) is 0 Å². The maximum atomic E-state index is 4.82. The van der Waals surface area contributed by atoms with Crippen molar-refractivity contribution in [3.05, 3.63) is 88.1 Å². The Hall–Kier alpha value is -2.65. The smallest absolute Gasteiger partial charge is 0.0617 e. The zero-order valence-electron chi connectivity index (χ0n) is 19.5. The van der Waals surface area contributed by atoms with E-state index in [1.807, 2.05) is 20.8 Å². The molecule has 30 heavy (non-hydrogen) atoms. The largest absolute Gasteiger partial charge is 0.378 e. The third kappa shape index (κ3) is 7.31. The second-order valence-corrected chi connectivity index (χ2v) is 7.53. The van der Waals surface area contributed by atoms with Crippen molar-refractivity contribution < 1.29 is 0 Å². The van der Waals surface area contributed by atoms with Gasteiger partial charge in [-0.25, -0.2) is 0 Å². The van der Waals surface area contributed by atoms with Crippen LogP contribution in [0.1, 0.15) is 48.6 Å². The minimum atomic E-state index is 0.705. The van der Waals surface area contributed by atoms with Gasteiger partial charge >= 0.3 is 0 Å². The van der Waals surface area contributed by atoms with Gasteiger partial charge in [-0.2, -0.15) is 0 Å². The summed E-state index contributed by atoms with van der Waals surface area (Å²) in [5.41, 5.74) is 11.4. The maximum absolute atomic E-state index is 4.82. The first-order chi connectivity index (χ1) is 14.3. The highest BCUT2D eigenvalue weighted by Crippen LogP contribution is 2.27. The highest BCUT2D eigenvalue weighted by Gasteiger charge is 2.08. The lowest BCUT2D eigenvalue weighted by atomic mass is 10.0. The Bertz CT molecular complexity index is 971. The summed E-state index contributed by atoms with van der Waals surface area (Å²) in [7, 11) is 0. The SMILES string of the molecule is C=C(C)/C(=C/c1c[nH]c2c(C)ccc(C)c12)CNC=S.CC.Cc1ccc(C)cc1. The fourth-order valence-electron chi connectivity index (χ4n) is 3.01. The van der Waals surface area contributed by atoms with Gasteiger partial charge in [0.2, 0.25) is 0 Å². The predicted octanol–water partition coefficient (Wildman–Crippen LogP) is 7.62. The summed E-state index contributed by atoms with van der Waals surface area (Å²) in [5.74, 6) is 0. The Morgan fingerprint density at radius 3 is 2.00 bits per heavy atom. The second-order valence-electron chi connectivity index (χ2n) is 7.30. The van der Waals surface area contributed by atoms with E-state index >= 15 is 0 Å². The van der Waals surface area contributed by atoms with E-state index in [9.17, 15) is 0 Å². The molecule has 1 heterocycles. The van der Waals surface area contributed by atoms with E-state index in [2.05, 4.69) is 93.2 Å². The molecule has 0 atom stereocenters. The van der Waals surface area contributed by atoms with E-state index in [4.69, 9.17) is 12.2 Å². The summed E-state index contributed by atoms with van der Waals surface area (Å²) >= 11 is 4.82. The highest BCUT2D eigenvalue weighted by atomic mass is 32.1. The molecular formula is C27H36N2S. The van der Waals surface area contributed by atoms with Gasteiger partial charge in [0.05, 0.1) is 5.49 Å². The van der Waals surface area contributed by atoms with Gasteiger partial charge in [0, 0.05) is 29.2 Å². The van der Waals surface area contributed by atoms with E-state index in [0.29, 0.717) is 6.54 Å². The summed E-state index contributed by atoms with van der Waals surface area (Å²) in [6.45, 7) is 19.2. The predicted molar refractivity (Wildman–Crippen MR) is 139 cm³/mol. The number of aromatic nitrogens is 1. The van der Waals surface area contributed by atoms with Crippen LogP contribution in [0.2, 0.25) is 0 Å². The normalized spacial score (nSPS) is 10.4. The summed E-state index contributed by atoms with van der Waals surface area (Å²) < 4.78 is 0. The molecule has 0 aliphatic carbocycles. The van der Waals surface area contributed by atoms with Crippen LogP contribution in [0.5, 0.6) is 0 Å². The molecule has 3 heteroatoms. The first-order valence-electron chi connectivity index (χ1n) is 10.5. The Morgan fingerprint density at radius 1 is 0.967 bits per heavy atom. The van der Waals surface area contributed by atoms with Crippen LogP contribution in [-0.2, 0) is 0 Å². The van der Waals surface area contributed by atoms with Gasteiger partial charge in [0.25, 0.3) is 0 Å². The topological polar surface area (TPSA) is 27.8 Å². The zero-order valence-corrected chi connectivity index (χ0v) is 20.3. The lowest BCUT2D eigenvalue weighted by Crippen LogP contribution is -2.13. The molecule has 0 radical (unpaired) electrons. The summed E-state index contributed by atoms with van der Waals surface area (Å²) in [4.78, 5) is 3.37. The molecule has 3 aromatic rings. The monoisotopic (exact) mass is 420 g/mol. The standard InChI is InChI=1S/C17H20N2S.C8H10.C2H6/c1-11(2)14(8-18-10-20)7-15-9-19-17-13(4)6-5-12(3)16(15)17;1-7-3-5-8(2)6-4-7;1-2/h5-7,9-10,19H,1,8H2,2-4H3,(H,18,20);3-6H,1-2H3;1-2H3/b14-7+;;. The number of H-pyrrole nitrogens is 1. The molecule has 2 N–H and O–H groups in total. The molecule has 0 unspecified atom stereocenters. The Labute approximate surface area is 188 Å². The van der Waals surface area contributed by atoms with Gasteiger partial charge in [0.1, 0.15) is 0 Å². The maximum Gasteiger partial charge on any atom is 0.0617 e. The van der Waals surface area contributed by atoms with Crippen LogP contribution in [0.25, 0.3) is 17.0 Å². The summed E-state index contributed by atoms with van der Waals surface area (Å²) in [5, 5.41) is 4.35. The number of benzene rings is 2. The molecule has 0 aliphatic rings. The Morgan fingerprint density at radius 2 is 1.50 bits per heavy atom. The van der Waals surface area contributed by atoms with E-state index in [-0.39, 0.29) is 0 Å². The Balaban J connectivity index is 0.000000375. The van der Waals surface area contributed by atoms with Crippen molar-refractivity contribution >= 4 is 34.7 Å². The van der Waals surface area contributed by atoms with Crippen molar-refractivity contribution in [2.24, 2.45) is 0 Å². The van der Waals surface area contributed by atoms with Crippen LogP contribution >= 0.6 is 12.2 Å². The van der Waals surface area contributed by atoms with Crippen LogP contribution < -0.4 is 5.32 Å². The molecule has 0 fully saturated rings. The highest BCUT2D eigenvalue weighted by molar-refractivity contribution is 7.78. The average molecular weight is 421 g/mol. The van der Waals surface area contributed by atoms with Gasteiger partial charge in [-0.1, -0.05) is 85.7 Å². The molecule has 2 aromatic carbocycles. The molecule has 0 amide bonds. The van der Waals surface area contributed by atoms with Gasteiger partial charge in [0.15, 0.2) is 0 Å². The fourth-order valence-corrected chi connectivity index (χ4v) is 3.09. The minimum absolute atomic E-state index is 0.705. The van der Waals surface area contributed by atoms with Crippen LogP contribution in [0.3, 0.4) is 0 Å². The molecule has 0 saturated heterocycles.